The fourth-order valence-electron chi connectivity index (χ4n) is 3.78. The number of nitrogens with zero attached hydrogens (tertiary/aromatic N) is 2. The number of aryl methyl sites for hydroxylation is 2. The van der Waals surface area contributed by atoms with Crippen LogP contribution in [0.25, 0.3) is 0 Å². The van der Waals surface area contributed by atoms with E-state index in [-0.39, 0.29) is 17.5 Å². The first-order valence-corrected chi connectivity index (χ1v) is 12.4. The summed E-state index contributed by atoms with van der Waals surface area (Å²) in [5.41, 5.74) is 4.96. The van der Waals surface area contributed by atoms with Crippen LogP contribution in [0.5, 0.6) is 0 Å². The molecule has 1 heterocycles. The second-order valence-corrected chi connectivity index (χ2v) is 9.56. The average molecular weight is 464 g/mol. The third kappa shape index (κ3) is 7.06. The van der Waals surface area contributed by atoms with Crippen LogP contribution in [0.3, 0.4) is 0 Å². The minimum atomic E-state index is 0.00749. The Morgan fingerprint density at radius 1 is 1.09 bits per heavy atom. The summed E-state index contributed by atoms with van der Waals surface area (Å²) in [4.78, 5) is 29.9. The Kier molecular flexibility index (Phi) is 8.89. The van der Waals surface area contributed by atoms with Gasteiger partial charge in [0, 0.05) is 36.9 Å². The first kappa shape index (κ1) is 24.8. The van der Waals surface area contributed by atoms with E-state index in [1.54, 1.807) is 23.4 Å². The van der Waals surface area contributed by atoms with Gasteiger partial charge in [0.05, 0.1) is 6.04 Å². The van der Waals surface area contributed by atoms with Crippen LogP contribution in [0.4, 0.5) is 0 Å². The summed E-state index contributed by atoms with van der Waals surface area (Å²) >= 11 is 1.58. The lowest BCUT2D eigenvalue weighted by Gasteiger charge is -2.14. The maximum atomic E-state index is 13.0. The molecule has 1 aromatic heterocycles. The minimum Gasteiger partial charge on any atom is -0.350 e. The lowest BCUT2D eigenvalue weighted by atomic mass is 10.0. The van der Waals surface area contributed by atoms with E-state index in [2.05, 4.69) is 24.4 Å². The number of amides is 1. The van der Waals surface area contributed by atoms with Gasteiger partial charge in [0.25, 0.3) is 5.56 Å². The van der Waals surface area contributed by atoms with Gasteiger partial charge in [0.1, 0.15) is 0 Å². The summed E-state index contributed by atoms with van der Waals surface area (Å²) in [5.74, 6) is 0.886. The molecule has 0 aliphatic carbocycles. The maximum absolute atomic E-state index is 13.0. The number of hydrogen-bond donors (Lipinski definition) is 1. The second-order valence-electron chi connectivity index (χ2n) is 8.49. The molecule has 3 aromatic rings. The third-order valence-corrected chi connectivity index (χ3v) is 6.84. The molecule has 1 unspecified atom stereocenters. The molecule has 2 aromatic carbocycles. The van der Waals surface area contributed by atoms with Gasteiger partial charge in [-0.15, -0.1) is 0 Å². The van der Waals surface area contributed by atoms with Gasteiger partial charge in [-0.1, -0.05) is 71.9 Å². The van der Waals surface area contributed by atoms with Gasteiger partial charge in [-0.2, -0.15) is 0 Å². The van der Waals surface area contributed by atoms with Crippen molar-refractivity contribution in [1.29, 1.82) is 0 Å². The molecule has 0 saturated carbocycles. The van der Waals surface area contributed by atoms with E-state index < -0.39 is 0 Å². The van der Waals surface area contributed by atoms with Crippen molar-refractivity contribution in [2.45, 2.75) is 57.7 Å². The summed E-state index contributed by atoms with van der Waals surface area (Å²) in [6.07, 6.45) is 2.78. The van der Waals surface area contributed by atoms with Crippen LogP contribution in [0.1, 0.15) is 60.2 Å². The number of thioether (sulfide) groups is 1. The third-order valence-electron chi connectivity index (χ3n) is 5.72. The highest BCUT2D eigenvalue weighted by atomic mass is 32.2. The molecule has 0 bridgehead atoms. The lowest BCUT2D eigenvalue weighted by Crippen LogP contribution is -2.26. The van der Waals surface area contributed by atoms with Crippen molar-refractivity contribution in [3.05, 3.63) is 92.9 Å². The second kappa shape index (κ2) is 11.8. The monoisotopic (exact) mass is 463 g/mol. The van der Waals surface area contributed by atoms with E-state index in [0.29, 0.717) is 12.8 Å². The maximum Gasteiger partial charge on any atom is 0.257 e. The van der Waals surface area contributed by atoms with Crippen molar-refractivity contribution in [3.8, 4) is 0 Å². The van der Waals surface area contributed by atoms with Gasteiger partial charge in [0.15, 0.2) is 5.16 Å². The first-order valence-electron chi connectivity index (χ1n) is 11.4. The zero-order chi connectivity index (χ0) is 23.8. The number of carbonyl (C=O) groups excluding carboxylic acids is 1. The van der Waals surface area contributed by atoms with Gasteiger partial charge in [0.2, 0.25) is 5.91 Å². The zero-order valence-corrected chi connectivity index (χ0v) is 20.7. The highest BCUT2D eigenvalue weighted by molar-refractivity contribution is 7.99. The molecular formula is C27H33N3O2S. The van der Waals surface area contributed by atoms with Crippen LogP contribution in [-0.2, 0) is 18.3 Å². The number of hydrogen-bond acceptors (Lipinski definition) is 4. The molecular weight excluding hydrogens is 430 g/mol. The molecule has 5 nitrogen and oxygen atoms in total. The van der Waals surface area contributed by atoms with E-state index in [0.717, 1.165) is 46.1 Å². The molecule has 1 N–H and O–H groups in total. The SMILES string of the molecule is Cc1cccc(Cc2c(C)nc(SCCCCC(=O)NC(C)c3ccccc3)n(C)c2=O)c1. The molecule has 1 atom stereocenters. The Bertz CT molecular complexity index is 1140. The van der Waals surface area contributed by atoms with Crippen molar-refractivity contribution in [2.24, 2.45) is 7.05 Å². The van der Waals surface area contributed by atoms with Crippen molar-refractivity contribution >= 4 is 17.7 Å². The van der Waals surface area contributed by atoms with Crippen molar-refractivity contribution in [3.63, 3.8) is 0 Å². The smallest absolute Gasteiger partial charge is 0.257 e. The van der Waals surface area contributed by atoms with E-state index >= 15 is 0 Å². The molecule has 3 rings (SSSR count). The molecule has 1 amide bonds. The number of unbranched alkanes of at least 4 members (excludes halogenated alkanes) is 1. The predicted octanol–water partition coefficient (Wildman–Crippen LogP) is 5.13. The minimum absolute atomic E-state index is 0.00749. The summed E-state index contributed by atoms with van der Waals surface area (Å²) in [5, 5.41) is 3.78. The van der Waals surface area contributed by atoms with Gasteiger partial charge < -0.3 is 5.32 Å². The summed E-state index contributed by atoms with van der Waals surface area (Å²) in [6.45, 7) is 5.97. The highest BCUT2D eigenvalue weighted by Gasteiger charge is 2.13. The highest BCUT2D eigenvalue weighted by Crippen LogP contribution is 2.19. The molecule has 174 valence electrons. The Labute approximate surface area is 200 Å². The normalized spacial score (nSPS) is 11.9. The molecule has 0 aliphatic rings. The Balaban J connectivity index is 1.48. The number of aromatic nitrogens is 2. The van der Waals surface area contributed by atoms with Gasteiger partial charge in [-0.25, -0.2) is 4.98 Å². The molecule has 0 saturated heterocycles. The molecule has 0 aliphatic heterocycles. The number of nitrogens with one attached hydrogen (secondary N) is 1. The van der Waals surface area contributed by atoms with Crippen LogP contribution in [-0.4, -0.2) is 21.2 Å². The summed E-state index contributed by atoms with van der Waals surface area (Å²) in [6, 6.07) is 18.2. The fraction of sp³-hybridized carbons (Fsp3) is 0.370. The Morgan fingerprint density at radius 3 is 2.58 bits per heavy atom. The lowest BCUT2D eigenvalue weighted by molar-refractivity contribution is -0.121. The largest absolute Gasteiger partial charge is 0.350 e. The van der Waals surface area contributed by atoms with Crippen LogP contribution in [0, 0.1) is 13.8 Å². The molecule has 0 radical (unpaired) electrons. The van der Waals surface area contributed by atoms with E-state index in [1.807, 2.05) is 56.3 Å². The Morgan fingerprint density at radius 2 is 1.85 bits per heavy atom. The quantitative estimate of drug-likeness (QED) is 0.257. The fourth-order valence-corrected chi connectivity index (χ4v) is 4.79. The number of rotatable bonds is 10. The van der Waals surface area contributed by atoms with Crippen molar-refractivity contribution < 1.29 is 4.79 Å². The van der Waals surface area contributed by atoms with Crippen LogP contribution in [0.15, 0.2) is 64.5 Å². The molecule has 0 fully saturated rings. The molecule has 0 spiro atoms. The van der Waals surface area contributed by atoms with Crippen LogP contribution < -0.4 is 10.9 Å². The van der Waals surface area contributed by atoms with E-state index in [9.17, 15) is 9.59 Å². The van der Waals surface area contributed by atoms with Crippen LogP contribution >= 0.6 is 11.8 Å². The standard InChI is InChI=1S/C27H33N3O2S/c1-19-11-10-12-22(17-19)18-24-21(3)29-27(30(4)26(24)32)33-16-9-8-15-25(31)28-20(2)23-13-6-5-7-14-23/h5-7,10-14,17,20H,8-9,15-16,18H2,1-4H3,(H,28,31). The summed E-state index contributed by atoms with van der Waals surface area (Å²) < 4.78 is 1.65. The van der Waals surface area contributed by atoms with Crippen molar-refractivity contribution in [1.82, 2.24) is 14.9 Å². The van der Waals surface area contributed by atoms with E-state index in [1.165, 1.54) is 5.56 Å². The first-order chi connectivity index (χ1) is 15.8. The average Bonchev–Trinajstić information content (AvgIpc) is 2.80. The molecule has 6 heteroatoms. The Hall–Kier alpha value is -2.86. The molecule has 33 heavy (non-hydrogen) atoms. The van der Waals surface area contributed by atoms with Gasteiger partial charge in [-0.05, 0) is 44.7 Å². The van der Waals surface area contributed by atoms with Gasteiger partial charge >= 0.3 is 0 Å². The van der Waals surface area contributed by atoms with Crippen molar-refractivity contribution in [2.75, 3.05) is 5.75 Å². The number of benzene rings is 2. The van der Waals surface area contributed by atoms with Gasteiger partial charge in [-0.3, -0.25) is 14.2 Å². The topological polar surface area (TPSA) is 64.0 Å². The van der Waals surface area contributed by atoms with E-state index in [4.69, 9.17) is 4.98 Å². The zero-order valence-electron chi connectivity index (χ0n) is 19.9. The predicted molar refractivity (Wildman–Crippen MR) is 136 cm³/mol. The summed E-state index contributed by atoms with van der Waals surface area (Å²) in [7, 11) is 1.79. The van der Waals surface area contributed by atoms with Crippen LogP contribution in [0.2, 0.25) is 0 Å². The number of carbonyl (C=O) groups is 1.